The van der Waals surface area contributed by atoms with Crippen LogP contribution in [-0.2, 0) is 16.0 Å². The van der Waals surface area contributed by atoms with Crippen molar-refractivity contribution in [2.24, 2.45) is 0 Å². The largest absolute Gasteiger partial charge is 0.508 e. The number of ether oxygens (including phenoxy) is 1. The topological polar surface area (TPSA) is 63.6 Å². The summed E-state index contributed by atoms with van der Waals surface area (Å²) in [7, 11) is 0. The number of carbonyl (C=O) groups is 2. The van der Waals surface area contributed by atoms with E-state index in [9.17, 15) is 9.59 Å². The Morgan fingerprint density at radius 1 is 1.08 bits per heavy atom. The molecule has 0 fully saturated rings. The summed E-state index contributed by atoms with van der Waals surface area (Å²) in [5.74, 6) is 0.919. The van der Waals surface area contributed by atoms with Gasteiger partial charge in [-0.3, -0.25) is 0 Å². The molecule has 3 rings (SSSR count). The Bertz CT molecular complexity index is 773. The van der Waals surface area contributed by atoms with Crippen LogP contribution in [0.4, 0.5) is 0 Å². The number of Topliss-reactive ketones (excluding diaryl/α,β-unsaturated/α-hetero) is 1. The SMILES string of the molecule is CC(=O)CCc1ccc(O)cc1.CC/C=C1\OC(=O)c2ccccc21. The Hall–Kier alpha value is -2.88. The van der Waals surface area contributed by atoms with E-state index < -0.39 is 0 Å². The van der Waals surface area contributed by atoms with Crippen LogP contribution in [0.3, 0.4) is 0 Å². The number of cyclic esters (lactones) is 1. The van der Waals surface area contributed by atoms with E-state index in [0.29, 0.717) is 17.7 Å². The number of carbonyl (C=O) groups excluding carboxylic acids is 2. The molecule has 0 radical (unpaired) electrons. The highest BCUT2D eigenvalue weighted by atomic mass is 16.5. The molecule has 4 nitrogen and oxygen atoms in total. The van der Waals surface area contributed by atoms with Gasteiger partial charge in [-0.25, -0.2) is 4.79 Å². The monoisotopic (exact) mass is 338 g/mol. The van der Waals surface area contributed by atoms with E-state index in [-0.39, 0.29) is 17.5 Å². The van der Waals surface area contributed by atoms with Gasteiger partial charge in [0.25, 0.3) is 0 Å². The number of phenols is 1. The molecule has 4 heteroatoms. The van der Waals surface area contributed by atoms with E-state index in [0.717, 1.165) is 24.0 Å². The van der Waals surface area contributed by atoms with Crippen molar-refractivity contribution < 1.29 is 19.4 Å². The van der Waals surface area contributed by atoms with Crippen molar-refractivity contribution in [3.8, 4) is 5.75 Å². The second-order valence-electron chi connectivity index (χ2n) is 5.78. The van der Waals surface area contributed by atoms with Gasteiger partial charge >= 0.3 is 5.97 Å². The molecule has 0 saturated carbocycles. The number of hydrogen-bond donors (Lipinski definition) is 1. The number of ketones is 1. The van der Waals surface area contributed by atoms with Gasteiger partial charge in [0.05, 0.1) is 5.56 Å². The zero-order valence-corrected chi connectivity index (χ0v) is 14.5. The van der Waals surface area contributed by atoms with Gasteiger partial charge in [0.1, 0.15) is 17.3 Å². The fourth-order valence-electron chi connectivity index (χ4n) is 2.41. The predicted molar refractivity (Wildman–Crippen MR) is 97.2 cm³/mol. The van der Waals surface area contributed by atoms with Gasteiger partial charge in [-0.15, -0.1) is 0 Å². The summed E-state index contributed by atoms with van der Waals surface area (Å²) in [5.41, 5.74) is 2.67. The lowest BCUT2D eigenvalue weighted by molar-refractivity contribution is -0.116. The Morgan fingerprint density at radius 2 is 1.72 bits per heavy atom. The molecule has 0 aliphatic carbocycles. The van der Waals surface area contributed by atoms with Crippen molar-refractivity contribution in [2.75, 3.05) is 0 Å². The highest BCUT2D eigenvalue weighted by Gasteiger charge is 2.24. The molecule has 1 heterocycles. The van der Waals surface area contributed by atoms with Gasteiger partial charge < -0.3 is 14.6 Å². The molecular formula is C21H22O4. The van der Waals surface area contributed by atoms with Crippen molar-refractivity contribution in [2.45, 2.75) is 33.1 Å². The van der Waals surface area contributed by atoms with Gasteiger partial charge in [0.15, 0.2) is 0 Å². The molecule has 25 heavy (non-hydrogen) atoms. The fourth-order valence-corrected chi connectivity index (χ4v) is 2.41. The number of aromatic hydroxyl groups is 1. The molecule has 130 valence electrons. The number of benzene rings is 2. The molecule has 0 atom stereocenters. The van der Waals surface area contributed by atoms with Crippen LogP contribution in [0.2, 0.25) is 0 Å². The van der Waals surface area contributed by atoms with E-state index in [4.69, 9.17) is 9.84 Å². The van der Waals surface area contributed by atoms with Crippen LogP contribution in [0.25, 0.3) is 5.76 Å². The quantitative estimate of drug-likeness (QED) is 0.832. The average Bonchev–Trinajstić information content (AvgIpc) is 2.92. The zero-order chi connectivity index (χ0) is 18.2. The zero-order valence-electron chi connectivity index (χ0n) is 14.5. The Kier molecular flexibility index (Phi) is 6.52. The number of allylic oxidation sites excluding steroid dienone is 1. The third-order valence-electron chi connectivity index (χ3n) is 3.71. The van der Waals surface area contributed by atoms with Crippen LogP contribution in [0, 0.1) is 0 Å². The number of hydrogen-bond acceptors (Lipinski definition) is 4. The van der Waals surface area contributed by atoms with E-state index in [1.54, 1.807) is 25.1 Å². The molecule has 0 saturated heterocycles. The van der Waals surface area contributed by atoms with Crippen LogP contribution in [0.1, 0.15) is 48.2 Å². The molecule has 0 aromatic heterocycles. The Morgan fingerprint density at radius 3 is 2.32 bits per heavy atom. The first-order chi connectivity index (χ1) is 12.0. The molecule has 1 aliphatic heterocycles. The van der Waals surface area contributed by atoms with Crippen LogP contribution >= 0.6 is 0 Å². The van der Waals surface area contributed by atoms with Gasteiger partial charge in [-0.05, 0) is 49.6 Å². The molecule has 0 spiro atoms. The predicted octanol–water partition coefficient (Wildman–Crippen LogP) is 4.52. The second-order valence-corrected chi connectivity index (χ2v) is 5.78. The molecule has 1 N–H and O–H groups in total. The third kappa shape index (κ3) is 5.31. The van der Waals surface area contributed by atoms with Gasteiger partial charge in [-0.2, -0.15) is 0 Å². The molecule has 0 bridgehead atoms. The van der Waals surface area contributed by atoms with Gasteiger partial charge in [-0.1, -0.05) is 37.3 Å². The molecule has 2 aromatic carbocycles. The summed E-state index contributed by atoms with van der Waals surface area (Å²) in [5, 5.41) is 8.97. The standard InChI is InChI=1S/C11H10O2.C10H12O2/c1-2-5-10-8-6-3-4-7-9(8)11(12)13-10;1-8(11)2-3-9-4-6-10(12)7-5-9/h3-7H,2H2,1H3;4-7,12H,2-3H2,1H3/b10-5-;. The molecule has 0 amide bonds. The summed E-state index contributed by atoms with van der Waals surface area (Å²) in [6, 6.07) is 14.4. The smallest absolute Gasteiger partial charge is 0.344 e. The maximum atomic E-state index is 11.3. The number of esters is 1. The fraction of sp³-hybridized carbons (Fsp3) is 0.238. The summed E-state index contributed by atoms with van der Waals surface area (Å²) in [6.07, 6.45) is 4.13. The van der Waals surface area contributed by atoms with Crippen LogP contribution < -0.4 is 0 Å². The molecule has 0 unspecified atom stereocenters. The first-order valence-electron chi connectivity index (χ1n) is 8.30. The minimum absolute atomic E-state index is 0.197. The minimum atomic E-state index is -0.240. The van der Waals surface area contributed by atoms with Crippen molar-refractivity contribution in [3.63, 3.8) is 0 Å². The Balaban J connectivity index is 0.000000181. The van der Waals surface area contributed by atoms with E-state index >= 15 is 0 Å². The number of aryl methyl sites for hydroxylation is 1. The maximum Gasteiger partial charge on any atom is 0.344 e. The van der Waals surface area contributed by atoms with Crippen molar-refractivity contribution in [1.82, 2.24) is 0 Å². The van der Waals surface area contributed by atoms with E-state index in [1.807, 2.05) is 43.3 Å². The highest BCUT2D eigenvalue weighted by molar-refractivity contribution is 6.02. The molecule has 2 aromatic rings. The highest BCUT2D eigenvalue weighted by Crippen LogP contribution is 2.29. The minimum Gasteiger partial charge on any atom is -0.508 e. The van der Waals surface area contributed by atoms with Gasteiger partial charge in [0.2, 0.25) is 0 Å². The third-order valence-corrected chi connectivity index (χ3v) is 3.71. The first kappa shape index (κ1) is 18.5. The lowest BCUT2D eigenvalue weighted by atomic mass is 10.1. The first-order valence-corrected chi connectivity index (χ1v) is 8.30. The normalized spacial score (nSPS) is 13.7. The summed E-state index contributed by atoms with van der Waals surface area (Å²) >= 11 is 0. The number of fused-ring (bicyclic) bond motifs is 1. The van der Waals surface area contributed by atoms with Crippen LogP contribution in [0.5, 0.6) is 5.75 Å². The van der Waals surface area contributed by atoms with E-state index in [2.05, 4.69) is 0 Å². The van der Waals surface area contributed by atoms with E-state index in [1.165, 1.54) is 0 Å². The summed E-state index contributed by atoms with van der Waals surface area (Å²) in [4.78, 5) is 21.9. The van der Waals surface area contributed by atoms with Crippen molar-refractivity contribution >= 4 is 17.5 Å². The van der Waals surface area contributed by atoms with Crippen molar-refractivity contribution in [1.29, 1.82) is 0 Å². The lowest BCUT2D eigenvalue weighted by Crippen LogP contribution is -1.93. The summed E-state index contributed by atoms with van der Waals surface area (Å²) < 4.78 is 5.09. The lowest BCUT2D eigenvalue weighted by Gasteiger charge is -1.98. The van der Waals surface area contributed by atoms with Crippen LogP contribution in [0.15, 0.2) is 54.6 Å². The maximum absolute atomic E-state index is 11.3. The Labute approximate surface area is 147 Å². The van der Waals surface area contributed by atoms with Gasteiger partial charge in [0, 0.05) is 12.0 Å². The van der Waals surface area contributed by atoms with Crippen molar-refractivity contribution in [3.05, 3.63) is 71.3 Å². The average molecular weight is 338 g/mol. The molecule has 1 aliphatic rings. The summed E-state index contributed by atoms with van der Waals surface area (Å²) in [6.45, 7) is 3.60. The second kappa shape index (κ2) is 8.83. The number of rotatable bonds is 4. The number of phenolic OH excluding ortho intramolecular Hbond substituents is 1. The molecular weight excluding hydrogens is 316 g/mol. The van der Waals surface area contributed by atoms with Crippen LogP contribution in [-0.4, -0.2) is 16.9 Å².